The molecule has 0 unspecified atom stereocenters. The van der Waals surface area contributed by atoms with Crippen LogP contribution in [-0.4, -0.2) is 13.1 Å². The molecular formula is C18H21FN2. The van der Waals surface area contributed by atoms with Crippen molar-refractivity contribution in [3.8, 4) is 0 Å². The van der Waals surface area contributed by atoms with Gasteiger partial charge in [0.15, 0.2) is 0 Å². The van der Waals surface area contributed by atoms with Crippen LogP contribution in [0.5, 0.6) is 0 Å². The van der Waals surface area contributed by atoms with Gasteiger partial charge in [0, 0.05) is 24.5 Å². The van der Waals surface area contributed by atoms with Gasteiger partial charge in [-0.1, -0.05) is 25.1 Å². The fraction of sp³-hybridized carbons (Fsp3) is 0.333. The van der Waals surface area contributed by atoms with Crippen LogP contribution in [0.15, 0.2) is 42.5 Å². The summed E-state index contributed by atoms with van der Waals surface area (Å²) in [5.41, 5.74) is 4.50. The highest BCUT2D eigenvalue weighted by Gasteiger charge is 2.20. The third kappa shape index (κ3) is 3.08. The van der Waals surface area contributed by atoms with Crippen molar-refractivity contribution in [1.82, 2.24) is 5.32 Å². The average molecular weight is 284 g/mol. The summed E-state index contributed by atoms with van der Waals surface area (Å²) in [6.45, 7) is 4.72. The van der Waals surface area contributed by atoms with Crippen molar-refractivity contribution in [3.63, 3.8) is 0 Å². The molecule has 0 spiro atoms. The molecule has 3 rings (SSSR count). The van der Waals surface area contributed by atoms with Crippen LogP contribution >= 0.6 is 0 Å². The third-order valence-corrected chi connectivity index (χ3v) is 3.90. The number of rotatable bonds is 5. The molecule has 0 saturated heterocycles. The van der Waals surface area contributed by atoms with Gasteiger partial charge in [-0.25, -0.2) is 4.39 Å². The molecule has 0 fully saturated rings. The lowest BCUT2D eigenvalue weighted by molar-refractivity contribution is 0.619. The van der Waals surface area contributed by atoms with Gasteiger partial charge in [-0.3, -0.25) is 0 Å². The predicted octanol–water partition coefficient (Wildman–Crippen LogP) is 4.02. The number of anilines is 2. The van der Waals surface area contributed by atoms with Crippen molar-refractivity contribution in [2.45, 2.75) is 26.3 Å². The largest absolute Gasteiger partial charge is 0.341 e. The molecule has 1 N–H and O–H groups in total. The van der Waals surface area contributed by atoms with E-state index in [0.717, 1.165) is 37.2 Å². The van der Waals surface area contributed by atoms with E-state index in [0.29, 0.717) is 6.54 Å². The Balaban J connectivity index is 1.86. The summed E-state index contributed by atoms with van der Waals surface area (Å²) in [5, 5.41) is 3.33. The van der Waals surface area contributed by atoms with Crippen LogP contribution in [0.2, 0.25) is 0 Å². The Hall–Kier alpha value is -1.87. The third-order valence-electron chi connectivity index (χ3n) is 3.90. The second kappa shape index (κ2) is 6.27. The minimum atomic E-state index is -0.162. The van der Waals surface area contributed by atoms with Crippen LogP contribution in [0.4, 0.5) is 15.8 Å². The van der Waals surface area contributed by atoms with Gasteiger partial charge in [-0.05, 0) is 54.8 Å². The predicted molar refractivity (Wildman–Crippen MR) is 85.5 cm³/mol. The maximum atomic E-state index is 13.9. The van der Waals surface area contributed by atoms with Crippen molar-refractivity contribution in [1.29, 1.82) is 0 Å². The summed E-state index contributed by atoms with van der Waals surface area (Å²) in [5.74, 6) is -0.162. The summed E-state index contributed by atoms with van der Waals surface area (Å²) < 4.78 is 13.9. The van der Waals surface area contributed by atoms with Crippen molar-refractivity contribution in [2.75, 3.05) is 18.0 Å². The summed E-state index contributed by atoms with van der Waals surface area (Å²) in [6.07, 6.45) is 2.11. The topological polar surface area (TPSA) is 15.3 Å². The number of nitrogens with one attached hydrogen (secondary N) is 1. The van der Waals surface area contributed by atoms with Crippen LogP contribution in [-0.2, 0) is 13.0 Å². The highest BCUT2D eigenvalue weighted by atomic mass is 19.1. The summed E-state index contributed by atoms with van der Waals surface area (Å²) >= 11 is 0. The van der Waals surface area contributed by atoms with E-state index >= 15 is 0 Å². The van der Waals surface area contributed by atoms with Gasteiger partial charge < -0.3 is 10.2 Å². The number of hydrogen-bond donors (Lipinski definition) is 1. The number of para-hydroxylation sites is 1. The summed E-state index contributed by atoms with van der Waals surface area (Å²) in [6, 6.07) is 13.7. The SMILES string of the molecule is CCCNCc1cc(F)cc(N2CCc3ccccc32)c1. The van der Waals surface area contributed by atoms with Crippen molar-refractivity contribution in [3.05, 3.63) is 59.4 Å². The van der Waals surface area contributed by atoms with Gasteiger partial charge in [0.05, 0.1) is 0 Å². The zero-order valence-corrected chi connectivity index (χ0v) is 12.4. The first-order chi connectivity index (χ1) is 10.3. The Morgan fingerprint density at radius 2 is 2.05 bits per heavy atom. The molecule has 1 heterocycles. The minimum Gasteiger partial charge on any atom is -0.341 e. The van der Waals surface area contributed by atoms with E-state index in [-0.39, 0.29) is 5.82 Å². The molecule has 1 aliphatic rings. The Morgan fingerprint density at radius 3 is 2.90 bits per heavy atom. The number of fused-ring (bicyclic) bond motifs is 1. The Morgan fingerprint density at radius 1 is 1.19 bits per heavy atom. The highest BCUT2D eigenvalue weighted by Crippen LogP contribution is 2.34. The molecule has 110 valence electrons. The van der Waals surface area contributed by atoms with Gasteiger partial charge >= 0.3 is 0 Å². The van der Waals surface area contributed by atoms with E-state index in [1.165, 1.54) is 11.3 Å². The molecule has 0 aliphatic carbocycles. The molecule has 0 amide bonds. The summed E-state index contributed by atoms with van der Waals surface area (Å²) in [4.78, 5) is 2.21. The standard InChI is InChI=1S/C18H21FN2/c1-2-8-20-13-14-10-16(19)12-17(11-14)21-9-7-15-5-3-4-6-18(15)21/h3-6,10-12,20H,2,7-9,13H2,1H3. The maximum absolute atomic E-state index is 13.9. The lowest BCUT2D eigenvalue weighted by Gasteiger charge is -2.20. The van der Waals surface area contributed by atoms with Gasteiger partial charge in [0.1, 0.15) is 5.82 Å². The monoisotopic (exact) mass is 284 g/mol. The quantitative estimate of drug-likeness (QED) is 0.834. The number of halogens is 1. The van der Waals surface area contributed by atoms with Gasteiger partial charge in [0.2, 0.25) is 0 Å². The Labute approximate surface area is 125 Å². The van der Waals surface area contributed by atoms with E-state index in [9.17, 15) is 4.39 Å². The fourth-order valence-corrected chi connectivity index (χ4v) is 2.91. The van der Waals surface area contributed by atoms with Gasteiger partial charge in [-0.2, -0.15) is 0 Å². The van der Waals surface area contributed by atoms with E-state index in [2.05, 4.69) is 41.4 Å². The van der Waals surface area contributed by atoms with Crippen molar-refractivity contribution >= 4 is 11.4 Å². The smallest absolute Gasteiger partial charge is 0.125 e. The Kier molecular flexibility index (Phi) is 4.20. The molecule has 2 aromatic carbocycles. The zero-order valence-electron chi connectivity index (χ0n) is 12.4. The second-order valence-electron chi connectivity index (χ2n) is 5.52. The molecule has 2 aromatic rings. The molecule has 0 aromatic heterocycles. The minimum absolute atomic E-state index is 0.162. The second-order valence-corrected chi connectivity index (χ2v) is 5.52. The molecule has 0 saturated carbocycles. The van der Waals surface area contributed by atoms with Crippen LogP contribution in [0.1, 0.15) is 24.5 Å². The van der Waals surface area contributed by atoms with Crippen molar-refractivity contribution < 1.29 is 4.39 Å². The normalized spacial score (nSPS) is 13.5. The van der Waals surface area contributed by atoms with E-state index in [4.69, 9.17) is 0 Å². The first-order valence-electron chi connectivity index (χ1n) is 7.63. The van der Waals surface area contributed by atoms with Crippen molar-refractivity contribution in [2.24, 2.45) is 0 Å². The molecule has 0 bridgehead atoms. The molecule has 3 heteroatoms. The lowest BCUT2D eigenvalue weighted by Crippen LogP contribution is -2.16. The first-order valence-corrected chi connectivity index (χ1v) is 7.63. The van der Waals surface area contributed by atoms with E-state index in [1.807, 2.05) is 6.07 Å². The molecule has 21 heavy (non-hydrogen) atoms. The van der Waals surface area contributed by atoms with Gasteiger partial charge in [-0.15, -0.1) is 0 Å². The van der Waals surface area contributed by atoms with E-state index in [1.54, 1.807) is 12.1 Å². The number of nitrogens with zero attached hydrogens (tertiary/aromatic N) is 1. The molecule has 0 atom stereocenters. The van der Waals surface area contributed by atoms with Crippen LogP contribution in [0, 0.1) is 5.82 Å². The maximum Gasteiger partial charge on any atom is 0.125 e. The van der Waals surface area contributed by atoms with Crippen LogP contribution in [0.3, 0.4) is 0 Å². The number of hydrogen-bond acceptors (Lipinski definition) is 2. The zero-order chi connectivity index (χ0) is 14.7. The average Bonchev–Trinajstić information content (AvgIpc) is 2.91. The van der Waals surface area contributed by atoms with Gasteiger partial charge in [0.25, 0.3) is 0 Å². The summed E-state index contributed by atoms with van der Waals surface area (Å²) in [7, 11) is 0. The highest BCUT2D eigenvalue weighted by molar-refractivity contribution is 5.70. The lowest BCUT2D eigenvalue weighted by atomic mass is 10.1. The van der Waals surface area contributed by atoms with Crippen LogP contribution < -0.4 is 10.2 Å². The molecule has 1 aliphatic heterocycles. The molecule has 0 radical (unpaired) electrons. The fourth-order valence-electron chi connectivity index (χ4n) is 2.91. The van der Waals surface area contributed by atoms with Crippen LogP contribution in [0.25, 0.3) is 0 Å². The first kappa shape index (κ1) is 14.1. The molecular weight excluding hydrogens is 263 g/mol. The molecule has 2 nitrogen and oxygen atoms in total. The Bertz CT molecular complexity index is 624. The van der Waals surface area contributed by atoms with E-state index < -0.39 is 0 Å². The number of benzene rings is 2.